The van der Waals surface area contributed by atoms with Crippen molar-refractivity contribution in [1.29, 1.82) is 0 Å². The first-order valence-electron chi connectivity index (χ1n) is 15.5. The van der Waals surface area contributed by atoms with Crippen LogP contribution in [0.4, 0.5) is 15.8 Å². The first kappa shape index (κ1) is 36.8. The van der Waals surface area contributed by atoms with E-state index in [1.165, 1.54) is 6.07 Å². The zero-order valence-electron chi connectivity index (χ0n) is 28.3. The number of halogens is 2. The summed E-state index contributed by atoms with van der Waals surface area (Å²) < 4.78 is 32.8. The second-order valence-electron chi connectivity index (χ2n) is 14.2. The molecule has 1 atom stereocenters. The van der Waals surface area contributed by atoms with Crippen LogP contribution in [0.1, 0.15) is 83.5 Å². The molecule has 47 heavy (non-hydrogen) atoms. The van der Waals surface area contributed by atoms with Crippen molar-refractivity contribution in [1.82, 2.24) is 4.31 Å². The van der Waals surface area contributed by atoms with Gasteiger partial charge in [-0.05, 0) is 104 Å². The molecule has 1 aliphatic rings. The minimum absolute atomic E-state index is 0.0937. The van der Waals surface area contributed by atoms with Crippen molar-refractivity contribution in [3.05, 3.63) is 63.7 Å². The number of nitrogens with one attached hydrogen (secondary N) is 1. The minimum Gasteiger partial charge on any atom is -0.479 e. The lowest BCUT2D eigenvalue weighted by Crippen LogP contribution is -2.49. The van der Waals surface area contributed by atoms with Crippen LogP contribution in [0.25, 0.3) is 10.4 Å². The molecule has 1 aliphatic heterocycles. The molecule has 8 nitrogen and oxygen atoms in total. The molecule has 4 rings (SSSR count). The average molecular weight is 706 g/mol. The van der Waals surface area contributed by atoms with E-state index in [4.69, 9.17) is 31.5 Å². The zero-order chi connectivity index (χ0) is 34.7. The highest BCUT2D eigenvalue weighted by Crippen LogP contribution is 2.47. The highest BCUT2D eigenvalue weighted by Gasteiger charge is 2.35. The van der Waals surface area contributed by atoms with Gasteiger partial charge < -0.3 is 25.3 Å². The SMILES string of the molecule is CC(C)(C)OC(=O)COc1c(C(=O)OC(C)(C)C)sc(-c2cccc(NC3CCN(SCc4ccc(F)c(N)c4)C(C)(C)C3)c2)c1Cl. The number of thiophene rings is 1. The van der Waals surface area contributed by atoms with E-state index in [1.807, 2.05) is 24.3 Å². The Morgan fingerprint density at radius 3 is 2.45 bits per heavy atom. The van der Waals surface area contributed by atoms with Crippen molar-refractivity contribution in [3.63, 3.8) is 0 Å². The molecule has 0 amide bonds. The van der Waals surface area contributed by atoms with Gasteiger partial charge in [-0.2, -0.15) is 0 Å². The third-order valence-corrected chi connectivity index (χ3v) is 10.3. The lowest BCUT2D eigenvalue weighted by molar-refractivity contribution is -0.157. The fourth-order valence-electron chi connectivity index (χ4n) is 5.24. The van der Waals surface area contributed by atoms with Crippen LogP contribution in [-0.4, -0.2) is 52.2 Å². The molecule has 3 aromatic rings. The molecule has 1 fully saturated rings. The topological polar surface area (TPSA) is 103 Å². The van der Waals surface area contributed by atoms with Crippen LogP contribution in [0.5, 0.6) is 5.75 Å². The van der Waals surface area contributed by atoms with E-state index in [2.05, 4.69) is 23.5 Å². The summed E-state index contributed by atoms with van der Waals surface area (Å²) in [6, 6.07) is 13.0. The molecule has 0 radical (unpaired) electrons. The number of ether oxygens (including phenoxy) is 3. The molecule has 1 aromatic heterocycles. The number of hydrogen-bond acceptors (Lipinski definition) is 10. The van der Waals surface area contributed by atoms with Crippen molar-refractivity contribution in [2.24, 2.45) is 0 Å². The number of carbonyl (C=O) groups is 2. The number of carbonyl (C=O) groups excluding carboxylic acids is 2. The highest BCUT2D eigenvalue weighted by molar-refractivity contribution is 7.96. The number of nitrogen functional groups attached to an aromatic ring is 1. The minimum atomic E-state index is -0.739. The third kappa shape index (κ3) is 10.2. The van der Waals surface area contributed by atoms with Gasteiger partial charge in [-0.25, -0.2) is 18.3 Å². The van der Waals surface area contributed by atoms with Crippen LogP contribution >= 0.6 is 34.9 Å². The lowest BCUT2D eigenvalue weighted by atomic mass is 9.89. The van der Waals surface area contributed by atoms with Crippen molar-refractivity contribution < 1.29 is 28.2 Å². The number of nitrogens with two attached hydrogens (primary N) is 1. The lowest BCUT2D eigenvalue weighted by Gasteiger charge is -2.45. The fourth-order valence-corrected chi connectivity index (χ4v) is 7.82. The van der Waals surface area contributed by atoms with Gasteiger partial charge in [-0.1, -0.05) is 41.7 Å². The maximum Gasteiger partial charge on any atom is 0.352 e. The molecule has 1 saturated heterocycles. The standard InChI is InChI=1S/C35H45ClFN3O5S2/c1-33(2,3)44-27(41)19-43-29-28(36)30(47-31(29)32(42)45-34(4,5)6)22-10-9-11-23(17-22)39-24-14-15-40(35(7,8)18-24)46-20-21-12-13-25(37)26(38)16-21/h9-13,16-17,24,39H,14-15,18-20,38H2,1-8H3. The molecule has 0 aliphatic carbocycles. The summed E-state index contributed by atoms with van der Waals surface area (Å²) in [5.74, 6) is -0.745. The molecule has 12 heteroatoms. The average Bonchev–Trinajstić information content (AvgIpc) is 3.27. The van der Waals surface area contributed by atoms with Gasteiger partial charge in [0.15, 0.2) is 17.2 Å². The maximum absolute atomic E-state index is 13.6. The Kier molecular flexibility index (Phi) is 11.5. The summed E-state index contributed by atoms with van der Waals surface area (Å²) in [7, 11) is 0. The largest absolute Gasteiger partial charge is 0.479 e. The van der Waals surface area contributed by atoms with E-state index in [1.54, 1.807) is 65.6 Å². The number of benzene rings is 2. The van der Waals surface area contributed by atoms with Gasteiger partial charge >= 0.3 is 11.9 Å². The van der Waals surface area contributed by atoms with E-state index in [9.17, 15) is 14.0 Å². The first-order valence-corrected chi connectivity index (χ1v) is 17.7. The Bertz CT molecular complexity index is 1600. The molecule has 3 N–H and O–H groups in total. The fraction of sp³-hybridized carbons (Fsp3) is 0.486. The van der Waals surface area contributed by atoms with Crippen LogP contribution < -0.4 is 15.8 Å². The number of esters is 2. The summed E-state index contributed by atoms with van der Waals surface area (Å²) in [4.78, 5) is 26.4. The Balaban J connectivity index is 1.49. The normalized spacial score (nSPS) is 16.9. The van der Waals surface area contributed by atoms with Crippen molar-refractivity contribution >= 4 is 58.2 Å². The highest BCUT2D eigenvalue weighted by atomic mass is 35.5. The monoisotopic (exact) mass is 705 g/mol. The van der Waals surface area contributed by atoms with Gasteiger partial charge in [0.25, 0.3) is 0 Å². The van der Waals surface area contributed by atoms with Gasteiger partial charge in [0, 0.05) is 29.6 Å². The zero-order valence-corrected chi connectivity index (χ0v) is 30.7. The van der Waals surface area contributed by atoms with Crippen LogP contribution in [0.2, 0.25) is 5.02 Å². The number of hydrogen-bond donors (Lipinski definition) is 2. The van der Waals surface area contributed by atoms with E-state index < -0.39 is 35.6 Å². The first-order chi connectivity index (χ1) is 21.8. The van der Waals surface area contributed by atoms with Gasteiger partial charge in [0.1, 0.15) is 22.0 Å². The van der Waals surface area contributed by atoms with Crippen LogP contribution in [0.3, 0.4) is 0 Å². The van der Waals surface area contributed by atoms with Crippen molar-refractivity contribution in [2.75, 3.05) is 24.2 Å². The van der Waals surface area contributed by atoms with E-state index in [0.29, 0.717) is 10.6 Å². The van der Waals surface area contributed by atoms with Crippen molar-refractivity contribution in [2.45, 2.75) is 96.8 Å². The van der Waals surface area contributed by atoms with Crippen LogP contribution in [-0.2, 0) is 20.0 Å². The molecule has 0 bridgehead atoms. The molecule has 2 heterocycles. The number of rotatable bonds is 10. The maximum atomic E-state index is 13.6. The third-order valence-electron chi connectivity index (χ3n) is 7.19. The second-order valence-corrected chi connectivity index (χ2v) is 16.6. The summed E-state index contributed by atoms with van der Waals surface area (Å²) in [6.07, 6.45) is 1.83. The Morgan fingerprint density at radius 1 is 1.11 bits per heavy atom. The summed E-state index contributed by atoms with van der Waals surface area (Å²) in [5.41, 5.74) is 7.12. The van der Waals surface area contributed by atoms with Crippen LogP contribution in [0, 0.1) is 5.82 Å². The molecule has 256 valence electrons. The van der Waals surface area contributed by atoms with E-state index in [-0.39, 0.29) is 32.9 Å². The number of nitrogens with zero attached hydrogens (tertiary/aromatic N) is 1. The van der Waals surface area contributed by atoms with Gasteiger partial charge in [-0.3, -0.25) is 0 Å². The summed E-state index contributed by atoms with van der Waals surface area (Å²) in [6.45, 7) is 15.6. The Morgan fingerprint density at radius 2 is 1.81 bits per heavy atom. The molecule has 0 spiro atoms. The molecule has 2 aromatic carbocycles. The second kappa shape index (κ2) is 14.6. The number of anilines is 2. The Labute approximate surface area is 290 Å². The summed E-state index contributed by atoms with van der Waals surface area (Å²) >= 11 is 9.75. The molecule has 0 saturated carbocycles. The predicted molar refractivity (Wildman–Crippen MR) is 191 cm³/mol. The van der Waals surface area contributed by atoms with Crippen LogP contribution in [0.15, 0.2) is 42.5 Å². The Hall–Kier alpha value is -2.99. The quantitative estimate of drug-likeness (QED) is 0.122. The number of piperidine rings is 1. The molecular weight excluding hydrogens is 661 g/mol. The smallest absolute Gasteiger partial charge is 0.352 e. The van der Waals surface area contributed by atoms with E-state index >= 15 is 0 Å². The molecular formula is C35H45ClFN3O5S2. The van der Waals surface area contributed by atoms with Gasteiger partial charge in [-0.15, -0.1) is 11.3 Å². The van der Waals surface area contributed by atoms with E-state index in [0.717, 1.165) is 47.5 Å². The molecule has 1 unspecified atom stereocenters. The van der Waals surface area contributed by atoms with Gasteiger partial charge in [0.2, 0.25) is 0 Å². The summed E-state index contributed by atoms with van der Waals surface area (Å²) in [5, 5.41) is 3.92. The van der Waals surface area contributed by atoms with Gasteiger partial charge in [0.05, 0.1) is 10.6 Å². The van der Waals surface area contributed by atoms with Crippen molar-refractivity contribution in [3.8, 4) is 16.2 Å². The predicted octanol–water partition coefficient (Wildman–Crippen LogP) is 8.97.